The third-order valence-electron chi connectivity index (χ3n) is 2.17. The number of hydrogen-bond acceptors (Lipinski definition) is 5. The van der Waals surface area contributed by atoms with Gasteiger partial charge in [-0.25, -0.2) is 0 Å². The minimum atomic E-state index is 0.478. The Morgan fingerprint density at radius 3 is 2.94 bits per heavy atom. The summed E-state index contributed by atoms with van der Waals surface area (Å²) in [6, 6.07) is 0. The van der Waals surface area contributed by atoms with E-state index >= 15 is 0 Å². The van der Waals surface area contributed by atoms with Gasteiger partial charge in [-0.2, -0.15) is 10.1 Å². The minimum absolute atomic E-state index is 0.478. The van der Waals surface area contributed by atoms with Gasteiger partial charge in [-0.3, -0.25) is 9.67 Å². The first-order chi connectivity index (χ1) is 7.70. The summed E-state index contributed by atoms with van der Waals surface area (Å²) >= 11 is 5.15. The van der Waals surface area contributed by atoms with Gasteiger partial charge in [0, 0.05) is 6.42 Å². The molecule has 0 radical (unpaired) electrons. The largest absolute Gasteiger partial charge is 0.337 e. The number of hydrogen-bond donors (Lipinski definition) is 1. The van der Waals surface area contributed by atoms with Crippen LogP contribution < -0.4 is 0 Å². The van der Waals surface area contributed by atoms with Crippen molar-refractivity contribution in [1.82, 2.24) is 24.9 Å². The average molecular weight is 239 g/mol. The Bertz CT molecular complexity index is 526. The van der Waals surface area contributed by atoms with Gasteiger partial charge in [0.2, 0.25) is 5.89 Å². The molecule has 86 valence electrons. The van der Waals surface area contributed by atoms with Crippen molar-refractivity contribution in [2.24, 2.45) is 0 Å². The standard InChI is InChI=1S/C9H13N5OS/c1-3-4-7-11-12-9(16)14(7)5-8-10-6(2)13-15-8/h3-5H2,1-2H3,(H,12,16). The maximum absolute atomic E-state index is 5.15. The molecule has 0 aliphatic carbocycles. The first-order valence-corrected chi connectivity index (χ1v) is 5.54. The molecule has 7 heteroatoms. The van der Waals surface area contributed by atoms with Crippen molar-refractivity contribution in [3.8, 4) is 0 Å². The minimum Gasteiger partial charge on any atom is -0.337 e. The Morgan fingerprint density at radius 1 is 1.50 bits per heavy atom. The fraction of sp³-hybridized carbons (Fsp3) is 0.556. The number of H-pyrrole nitrogens is 1. The zero-order chi connectivity index (χ0) is 11.5. The highest BCUT2D eigenvalue weighted by atomic mass is 32.1. The van der Waals surface area contributed by atoms with Crippen molar-refractivity contribution in [3.63, 3.8) is 0 Å². The lowest BCUT2D eigenvalue weighted by Crippen LogP contribution is -2.05. The molecule has 2 heterocycles. The molecule has 0 aliphatic rings. The van der Waals surface area contributed by atoms with E-state index in [0.29, 0.717) is 23.0 Å². The van der Waals surface area contributed by atoms with Gasteiger partial charge in [0.05, 0.1) is 0 Å². The maximum atomic E-state index is 5.15. The van der Waals surface area contributed by atoms with E-state index in [-0.39, 0.29) is 0 Å². The van der Waals surface area contributed by atoms with Crippen LogP contribution in [0.5, 0.6) is 0 Å². The summed E-state index contributed by atoms with van der Waals surface area (Å²) in [5, 5.41) is 10.7. The van der Waals surface area contributed by atoms with Crippen molar-refractivity contribution >= 4 is 12.2 Å². The summed E-state index contributed by atoms with van der Waals surface area (Å²) in [5.41, 5.74) is 0. The zero-order valence-corrected chi connectivity index (χ0v) is 10.0. The van der Waals surface area contributed by atoms with Crippen molar-refractivity contribution in [1.29, 1.82) is 0 Å². The maximum Gasteiger partial charge on any atom is 0.246 e. The Hall–Kier alpha value is -1.50. The molecule has 0 atom stereocenters. The average Bonchev–Trinajstić information content (AvgIpc) is 2.79. The lowest BCUT2D eigenvalue weighted by Gasteiger charge is -2.01. The quantitative estimate of drug-likeness (QED) is 0.821. The van der Waals surface area contributed by atoms with Gasteiger partial charge in [0.1, 0.15) is 12.4 Å². The molecule has 0 unspecified atom stereocenters. The van der Waals surface area contributed by atoms with Gasteiger partial charge in [0.25, 0.3) is 0 Å². The van der Waals surface area contributed by atoms with Crippen LogP contribution in [-0.4, -0.2) is 24.9 Å². The summed E-state index contributed by atoms with van der Waals surface area (Å²) in [6.45, 7) is 4.36. The summed E-state index contributed by atoms with van der Waals surface area (Å²) in [5.74, 6) is 2.10. The second-order valence-corrected chi connectivity index (χ2v) is 3.90. The van der Waals surface area contributed by atoms with Crippen molar-refractivity contribution in [3.05, 3.63) is 22.3 Å². The molecule has 0 spiro atoms. The van der Waals surface area contributed by atoms with E-state index in [2.05, 4.69) is 27.3 Å². The van der Waals surface area contributed by atoms with Crippen molar-refractivity contribution < 1.29 is 4.52 Å². The number of nitrogens with one attached hydrogen (secondary N) is 1. The number of rotatable bonds is 4. The van der Waals surface area contributed by atoms with Crippen LogP contribution in [-0.2, 0) is 13.0 Å². The van der Waals surface area contributed by atoms with E-state index in [9.17, 15) is 0 Å². The fourth-order valence-electron chi connectivity index (χ4n) is 1.47. The SMILES string of the molecule is CCCc1n[nH]c(=S)n1Cc1nc(C)no1. The van der Waals surface area contributed by atoms with Crippen LogP contribution >= 0.6 is 12.2 Å². The first-order valence-electron chi connectivity index (χ1n) is 5.14. The normalized spacial score (nSPS) is 10.9. The second kappa shape index (κ2) is 4.56. The van der Waals surface area contributed by atoms with Crippen LogP contribution in [0.4, 0.5) is 0 Å². The molecule has 0 aromatic carbocycles. The van der Waals surface area contributed by atoms with Crippen LogP contribution in [0, 0.1) is 11.7 Å². The van der Waals surface area contributed by atoms with E-state index in [4.69, 9.17) is 16.7 Å². The van der Waals surface area contributed by atoms with Gasteiger partial charge in [0.15, 0.2) is 10.6 Å². The Balaban J connectivity index is 2.26. The molecule has 1 N–H and O–H groups in total. The van der Waals surface area contributed by atoms with E-state index in [0.717, 1.165) is 18.7 Å². The van der Waals surface area contributed by atoms with E-state index in [1.165, 1.54) is 0 Å². The highest BCUT2D eigenvalue weighted by Crippen LogP contribution is 2.06. The molecule has 0 fully saturated rings. The smallest absolute Gasteiger partial charge is 0.246 e. The predicted molar refractivity (Wildman–Crippen MR) is 59.5 cm³/mol. The van der Waals surface area contributed by atoms with Crippen molar-refractivity contribution in [2.45, 2.75) is 33.2 Å². The number of aromatic nitrogens is 5. The molecule has 2 aromatic heterocycles. The predicted octanol–water partition coefficient (Wildman–Crippen LogP) is 1.63. The van der Waals surface area contributed by atoms with Crippen molar-refractivity contribution in [2.75, 3.05) is 0 Å². The van der Waals surface area contributed by atoms with Gasteiger partial charge < -0.3 is 4.52 Å². The highest BCUT2D eigenvalue weighted by molar-refractivity contribution is 7.71. The summed E-state index contributed by atoms with van der Waals surface area (Å²) < 4.78 is 7.52. The Kier molecular flexibility index (Phi) is 3.14. The lowest BCUT2D eigenvalue weighted by atomic mass is 10.3. The fourth-order valence-corrected chi connectivity index (χ4v) is 1.68. The molecule has 6 nitrogen and oxygen atoms in total. The molecule has 0 saturated heterocycles. The zero-order valence-electron chi connectivity index (χ0n) is 9.23. The highest BCUT2D eigenvalue weighted by Gasteiger charge is 2.09. The van der Waals surface area contributed by atoms with E-state index in [1.54, 1.807) is 6.92 Å². The Labute approximate surface area is 97.7 Å². The molecule has 16 heavy (non-hydrogen) atoms. The summed E-state index contributed by atoms with van der Waals surface area (Å²) in [7, 11) is 0. The third kappa shape index (κ3) is 2.19. The molecule has 0 saturated carbocycles. The number of nitrogens with zero attached hydrogens (tertiary/aromatic N) is 4. The molecule has 0 amide bonds. The third-order valence-corrected chi connectivity index (χ3v) is 2.49. The summed E-state index contributed by atoms with van der Waals surface area (Å²) in [4.78, 5) is 4.14. The molecular weight excluding hydrogens is 226 g/mol. The number of aryl methyl sites for hydroxylation is 2. The van der Waals surface area contributed by atoms with Gasteiger partial charge in [-0.05, 0) is 25.6 Å². The molecule has 0 aliphatic heterocycles. The lowest BCUT2D eigenvalue weighted by molar-refractivity contribution is 0.365. The van der Waals surface area contributed by atoms with Crippen LogP contribution in [0.1, 0.15) is 30.9 Å². The topological polar surface area (TPSA) is 72.5 Å². The number of aromatic amines is 1. The molecule has 2 aromatic rings. The van der Waals surface area contributed by atoms with Gasteiger partial charge in [-0.1, -0.05) is 12.1 Å². The summed E-state index contributed by atoms with van der Waals surface area (Å²) in [6.07, 6.45) is 1.89. The van der Waals surface area contributed by atoms with Gasteiger partial charge >= 0.3 is 0 Å². The monoisotopic (exact) mass is 239 g/mol. The Morgan fingerprint density at radius 2 is 2.31 bits per heavy atom. The van der Waals surface area contributed by atoms with Crippen LogP contribution in [0.3, 0.4) is 0 Å². The van der Waals surface area contributed by atoms with Crippen LogP contribution in [0.2, 0.25) is 0 Å². The van der Waals surface area contributed by atoms with Crippen LogP contribution in [0.25, 0.3) is 0 Å². The van der Waals surface area contributed by atoms with Crippen LogP contribution in [0.15, 0.2) is 4.52 Å². The molecule has 2 rings (SSSR count). The molecular formula is C9H13N5OS. The van der Waals surface area contributed by atoms with Gasteiger partial charge in [-0.15, -0.1) is 0 Å². The second-order valence-electron chi connectivity index (χ2n) is 3.52. The van der Waals surface area contributed by atoms with E-state index in [1.807, 2.05) is 4.57 Å². The van der Waals surface area contributed by atoms with E-state index < -0.39 is 0 Å². The molecule has 0 bridgehead atoms. The first kappa shape index (κ1) is 11.0.